The van der Waals surface area contributed by atoms with Gasteiger partial charge in [0.1, 0.15) is 28.6 Å². The van der Waals surface area contributed by atoms with Crippen LogP contribution in [0.4, 0.5) is 11.6 Å². The first kappa shape index (κ1) is 21.4. The fourth-order valence-electron chi connectivity index (χ4n) is 3.08. The van der Waals surface area contributed by atoms with E-state index in [9.17, 15) is 9.90 Å². The molecule has 0 spiro atoms. The zero-order valence-corrected chi connectivity index (χ0v) is 18.3. The molecule has 2 heterocycles. The molecule has 0 atom stereocenters. The van der Waals surface area contributed by atoms with Crippen LogP contribution in [0, 0.1) is 13.8 Å². The monoisotopic (exact) mass is 408 g/mol. The van der Waals surface area contributed by atoms with E-state index < -0.39 is 5.97 Å². The highest BCUT2D eigenvalue weighted by Crippen LogP contribution is 2.33. The molecule has 0 fully saturated rings. The highest BCUT2D eigenvalue weighted by atomic mass is 16.5. The second-order valence-electron chi connectivity index (χ2n) is 8.02. The summed E-state index contributed by atoms with van der Waals surface area (Å²) in [5.41, 5.74) is 3.37. The van der Waals surface area contributed by atoms with Crippen LogP contribution in [0.2, 0.25) is 0 Å². The van der Waals surface area contributed by atoms with Gasteiger partial charge in [-0.2, -0.15) is 5.10 Å². The zero-order valence-electron chi connectivity index (χ0n) is 18.3. The molecule has 0 unspecified atom stereocenters. The summed E-state index contributed by atoms with van der Waals surface area (Å²) < 4.78 is 7.32. The van der Waals surface area contributed by atoms with Crippen LogP contribution >= 0.6 is 0 Å². The van der Waals surface area contributed by atoms with Crippen LogP contribution < -0.4 is 10.1 Å². The maximum Gasteiger partial charge on any atom is 0.339 e. The molecule has 3 aromatic rings. The van der Waals surface area contributed by atoms with Gasteiger partial charge in [-0.15, -0.1) is 0 Å². The molecule has 3 rings (SSSR count). The van der Waals surface area contributed by atoms with Crippen molar-refractivity contribution in [2.75, 3.05) is 12.4 Å². The van der Waals surface area contributed by atoms with Crippen LogP contribution in [0.15, 0.2) is 36.4 Å². The third kappa shape index (κ3) is 4.15. The van der Waals surface area contributed by atoms with E-state index in [1.54, 1.807) is 23.9 Å². The van der Waals surface area contributed by atoms with Crippen molar-refractivity contribution in [2.45, 2.75) is 46.5 Å². The maximum absolute atomic E-state index is 11.7. The molecule has 0 aliphatic rings. The zero-order chi connectivity index (χ0) is 22.1. The minimum atomic E-state index is -1.04. The quantitative estimate of drug-likeness (QED) is 0.570. The van der Waals surface area contributed by atoms with Crippen LogP contribution in [0.1, 0.15) is 54.5 Å². The summed E-state index contributed by atoms with van der Waals surface area (Å²) in [4.78, 5) is 16.1. The highest BCUT2D eigenvalue weighted by Gasteiger charge is 2.25. The van der Waals surface area contributed by atoms with E-state index in [0.717, 1.165) is 29.1 Å². The molecule has 7 heteroatoms. The first-order chi connectivity index (χ1) is 14.2. The van der Waals surface area contributed by atoms with Crippen LogP contribution in [0.25, 0.3) is 5.69 Å². The fourth-order valence-corrected chi connectivity index (χ4v) is 3.08. The predicted molar refractivity (Wildman–Crippen MR) is 117 cm³/mol. The number of benzene rings is 1. The van der Waals surface area contributed by atoms with Crippen molar-refractivity contribution in [1.82, 2.24) is 14.8 Å². The topological polar surface area (TPSA) is 89.3 Å². The number of pyridine rings is 1. The van der Waals surface area contributed by atoms with Crippen molar-refractivity contribution in [1.29, 1.82) is 0 Å². The summed E-state index contributed by atoms with van der Waals surface area (Å²) >= 11 is 0. The van der Waals surface area contributed by atoms with Crippen molar-refractivity contribution in [3.05, 3.63) is 58.9 Å². The van der Waals surface area contributed by atoms with Crippen LogP contribution in [0.5, 0.6) is 5.75 Å². The second kappa shape index (κ2) is 8.18. The summed E-state index contributed by atoms with van der Waals surface area (Å²) in [6, 6.07) is 11.0. The van der Waals surface area contributed by atoms with E-state index in [4.69, 9.17) is 9.84 Å². The van der Waals surface area contributed by atoms with Crippen molar-refractivity contribution in [3.63, 3.8) is 0 Å². The van der Waals surface area contributed by atoms with Gasteiger partial charge in [0.05, 0.1) is 12.8 Å². The average molecular weight is 409 g/mol. The van der Waals surface area contributed by atoms with E-state index in [1.165, 1.54) is 0 Å². The Hall–Kier alpha value is -3.35. The van der Waals surface area contributed by atoms with Gasteiger partial charge in [0.2, 0.25) is 0 Å². The lowest BCUT2D eigenvalue weighted by Crippen LogP contribution is -2.16. The number of hydrogen-bond donors (Lipinski definition) is 2. The number of nitrogens with one attached hydrogen (secondary N) is 1. The van der Waals surface area contributed by atoms with Crippen LogP contribution in [-0.2, 0) is 5.41 Å². The third-order valence-corrected chi connectivity index (χ3v) is 5.36. The second-order valence-corrected chi connectivity index (χ2v) is 8.02. The van der Waals surface area contributed by atoms with Crippen molar-refractivity contribution < 1.29 is 14.6 Å². The largest absolute Gasteiger partial charge is 0.494 e. The van der Waals surface area contributed by atoms with Gasteiger partial charge in [-0.1, -0.05) is 26.8 Å². The number of anilines is 2. The van der Waals surface area contributed by atoms with Gasteiger partial charge in [-0.3, -0.25) is 0 Å². The maximum atomic E-state index is 11.7. The Labute approximate surface area is 176 Å². The van der Waals surface area contributed by atoms with Gasteiger partial charge in [-0.05, 0) is 50.1 Å². The minimum absolute atomic E-state index is 0.0980. The third-order valence-electron chi connectivity index (χ3n) is 5.36. The average Bonchev–Trinajstić information content (AvgIpc) is 3.12. The molecule has 0 amide bonds. The summed E-state index contributed by atoms with van der Waals surface area (Å²) in [5.74, 6) is 0.522. The number of methoxy groups -OCH3 is 1. The number of nitrogens with zero attached hydrogens (tertiary/aromatic N) is 3. The highest BCUT2D eigenvalue weighted by molar-refractivity contribution is 5.94. The lowest BCUT2D eigenvalue weighted by molar-refractivity contribution is 0.0697. The van der Waals surface area contributed by atoms with E-state index in [2.05, 4.69) is 31.1 Å². The number of rotatable bonds is 7. The molecule has 7 nitrogen and oxygen atoms in total. The molecule has 0 radical (unpaired) electrons. The van der Waals surface area contributed by atoms with Gasteiger partial charge in [-0.25, -0.2) is 14.5 Å². The van der Waals surface area contributed by atoms with E-state index >= 15 is 0 Å². The van der Waals surface area contributed by atoms with Gasteiger partial charge in [0.15, 0.2) is 0 Å². The Morgan fingerprint density at radius 1 is 1.20 bits per heavy atom. The number of aromatic nitrogens is 3. The Morgan fingerprint density at radius 2 is 1.93 bits per heavy atom. The number of carboxylic acids is 1. The van der Waals surface area contributed by atoms with Gasteiger partial charge >= 0.3 is 5.97 Å². The SMILES string of the molecule is CCC(C)(C)c1cc(Nc2nc(C)ccc2C(=O)O)n(-c2cc(C)ccc2OC)n1. The lowest BCUT2D eigenvalue weighted by Gasteiger charge is -2.19. The Bertz CT molecular complexity index is 1090. The van der Waals surface area contributed by atoms with Crippen LogP contribution in [0.3, 0.4) is 0 Å². The van der Waals surface area contributed by atoms with E-state index in [1.807, 2.05) is 38.1 Å². The molecule has 2 aromatic heterocycles. The molecule has 1 aromatic carbocycles. The first-order valence-corrected chi connectivity index (χ1v) is 9.89. The Kier molecular flexibility index (Phi) is 5.82. The number of hydrogen-bond acceptors (Lipinski definition) is 5. The number of aromatic carboxylic acids is 1. The summed E-state index contributed by atoms with van der Waals surface area (Å²) in [5, 5.41) is 17.7. The summed E-state index contributed by atoms with van der Waals surface area (Å²) in [7, 11) is 1.62. The van der Waals surface area contributed by atoms with Crippen LogP contribution in [-0.4, -0.2) is 33.0 Å². The number of ether oxygens (including phenoxy) is 1. The molecular weight excluding hydrogens is 380 g/mol. The van der Waals surface area contributed by atoms with E-state index in [0.29, 0.717) is 11.6 Å². The Morgan fingerprint density at radius 3 is 2.57 bits per heavy atom. The summed E-state index contributed by atoms with van der Waals surface area (Å²) in [6.45, 7) is 10.2. The molecule has 0 aliphatic heterocycles. The van der Waals surface area contributed by atoms with Crippen molar-refractivity contribution in [2.24, 2.45) is 0 Å². The predicted octanol–water partition coefficient (Wildman–Crippen LogP) is 5.02. The smallest absolute Gasteiger partial charge is 0.339 e. The van der Waals surface area contributed by atoms with E-state index in [-0.39, 0.29) is 16.8 Å². The molecule has 0 saturated heterocycles. The lowest BCUT2D eigenvalue weighted by atomic mass is 9.87. The molecule has 2 N–H and O–H groups in total. The van der Waals surface area contributed by atoms with Gasteiger partial charge in [0, 0.05) is 17.2 Å². The van der Waals surface area contributed by atoms with Gasteiger partial charge < -0.3 is 15.2 Å². The molecule has 158 valence electrons. The molecular formula is C23H28N4O3. The number of carbonyl (C=O) groups is 1. The van der Waals surface area contributed by atoms with Crippen molar-refractivity contribution in [3.8, 4) is 11.4 Å². The summed E-state index contributed by atoms with van der Waals surface area (Å²) in [6.07, 6.45) is 0.900. The number of aryl methyl sites for hydroxylation is 2. The van der Waals surface area contributed by atoms with Crippen molar-refractivity contribution >= 4 is 17.6 Å². The molecule has 0 bridgehead atoms. The Balaban J connectivity index is 2.21. The molecule has 30 heavy (non-hydrogen) atoms. The normalized spacial score (nSPS) is 11.4. The number of carboxylic acid groups (broad SMARTS) is 1. The first-order valence-electron chi connectivity index (χ1n) is 9.89. The van der Waals surface area contributed by atoms with Gasteiger partial charge in [0.25, 0.3) is 0 Å². The molecule has 0 aliphatic carbocycles. The fraction of sp³-hybridized carbons (Fsp3) is 0.348. The molecule has 0 saturated carbocycles. The standard InChI is InChI=1S/C23H28N4O3/c1-7-23(4,5)19-13-20(25-21-16(22(28)29)10-9-15(3)24-21)27(26-19)17-12-14(2)8-11-18(17)30-6/h8-13H,7H2,1-6H3,(H,24,25)(H,28,29). The minimum Gasteiger partial charge on any atom is -0.494 e.